The molecule has 0 spiro atoms. The highest BCUT2D eigenvalue weighted by molar-refractivity contribution is 5.81. The molecule has 1 aromatic rings. The fraction of sp³-hybridized carbons (Fsp3) is 0.579. The average Bonchev–Trinajstić information content (AvgIpc) is 3.07. The quantitative estimate of drug-likeness (QED) is 0.642. The number of anilines is 1. The summed E-state index contributed by atoms with van der Waals surface area (Å²) in [6.07, 6.45) is 9.22. The van der Waals surface area contributed by atoms with E-state index >= 15 is 0 Å². The van der Waals surface area contributed by atoms with Gasteiger partial charge in [-0.1, -0.05) is 12.1 Å². The van der Waals surface area contributed by atoms with Gasteiger partial charge in [0.15, 0.2) is 0 Å². The summed E-state index contributed by atoms with van der Waals surface area (Å²) in [5, 5.41) is 3.41. The van der Waals surface area contributed by atoms with Gasteiger partial charge in [-0.2, -0.15) is 0 Å². The first kappa shape index (κ1) is 17.0. The van der Waals surface area contributed by atoms with Crippen LogP contribution >= 0.6 is 0 Å². The van der Waals surface area contributed by atoms with E-state index in [9.17, 15) is 4.79 Å². The Bertz CT molecular complexity index is 600. The molecule has 2 aliphatic rings. The smallest absolute Gasteiger partial charge is 0.330 e. The fourth-order valence-electron chi connectivity index (χ4n) is 3.54. The van der Waals surface area contributed by atoms with Crippen molar-refractivity contribution >= 4 is 11.8 Å². The second-order valence-corrected chi connectivity index (χ2v) is 6.72. The van der Waals surface area contributed by atoms with Gasteiger partial charge in [-0.3, -0.25) is 4.90 Å². The largest absolute Gasteiger partial charge is 0.466 e. The second kappa shape index (κ2) is 8.29. The van der Waals surface area contributed by atoms with Crippen LogP contribution < -0.4 is 5.32 Å². The number of aromatic nitrogens is 1. The zero-order valence-electron chi connectivity index (χ0n) is 14.5. The van der Waals surface area contributed by atoms with Crippen molar-refractivity contribution in [2.24, 2.45) is 5.92 Å². The highest BCUT2D eigenvalue weighted by atomic mass is 16.5. The highest BCUT2D eigenvalue weighted by Gasteiger charge is 2.21. The molecular formula is C19H27N3O2. The molecule has 0 aliphatic carbocycles. The van der Waals surface area contributed by atoms with E-state index in [-0.39, 0.29) is 5.97 Å². The number of nitrogens with zero attached hydrogens (tertiary/aromatic N) is 2. The summed E-state index contributed by atoms with van der Waals surface area (Å²) in [6, 6.07) is 4.43. The fourth-order valence-corrected chi connectivity index (χ4v) is 3.54. The lowest BCUT2D eigenvalue weighted by atomic mass is 10.00. The molecule has 2 aliphatic heterocycles. The Kier molecular flexibility index (Phi) is 5.86. The maximum atomic E-state index is 11.1. The summed E-state index contributed by atoms with van der Waals surface area (Å²) >= 11 is 0. The Morgan fingerprint density at radius 3 is 3.29 bits per heavy atom. The van der Waals surface area contributed by atoms with Crippen molar-refractivity contribution in [3.05, 3.63) is 35.5 Å². The van der Waals surface area contributed by atoms with Crippen LogP contribution in [-0.2, 0) is 22.4 Å². The lowest BCUT2D eigenvalue weighted by Crippen LogP contribution is -2.21. The van der Waals surface area contributed by atoms with Gasteiger partial charge in [-0.05, 0) is 56.2 Å². The Morgan fingerprint density at radius 1 is 1.50 bits per heavy atom. The molecule has 3 heterocycles. The maximum Gasteiger partial charge on any atom is 0.330 e. The van der Waals surface area contributed by atoms with E-state index < -0.39 is 0 Å². The van der Waals surface area contributed by atoms with Crippen LogP contribution in [0.1, 0.15) is 30.5 Å². The molecule has 130 valence electrons. The summed E-state index contributed by atoms with van der Waals surface area (Å²) < 4.78 is 4.61. The van der Waals surface area contributed by atoms with Crippen LogP contribution in [0, 0.1) is 5.92 Å². The van der Waals surface area contributed by atoms with Gasteiger partial charge in [-0.15, -0.1) is 0 Å². The zero-order chi connectivity index (χ0) is 16.8. The van der Waals surface area contributed by atoms with Crippen molar-refractivity contribution < 1.29 is 9.53 Å². The molecule has 0 bridgehead atoms. The van der Waals surface area contributed by atoms with E-state index in [1.54, 1.807) is 0 Å². The summed E-state index contributed by atoms with van der Waals surface area (Å²) in [5.74, 6) is 1.54. The number of fused-ring (bicyclic) bond motifs is 1. The first-order valence-electron chi connectivity index (χ1n) is 8.94. The molecule has 3 rings (SSSR count). The van der Waals surface area contributed by atoms with E-state index in [0.717, 1.165) is 50.8 Å². The molecule has 1 aromatic heterocycles. The number of ether oxygens (including phenoxy) is 1. The number of methoxy groups -OCH3 is 1. The number of aryl methyl sites for hydroxylation is 2. The van der Waals surface area contributed by atoms with E-state index in [2.05, 4.69) is 27.1 Å². The Hall–Kier alpha value is -1.88. The Morgan fingerprint density at radius 2 is 2.42 bits per heavy atom. The number of pyridine rings is 1. The maximum absolute atomic E-state index is 11.1. The normalized spacial score (nSPS) is 20.8. The number of hydrogen-bond acceptors (Lipinski definition) is 5. The molecule has 24 heavy (non-hydrogen) atoms. The van der Waals surface area contributed by atoms with Crippen LogP contribution in [0.15, 0.2) is 24.3 Å². The van der Waals surface area contributed by atoms with Crippen LogP contribution in [0.2, 0.25) is 0 Å². The first-order valence-corrected chi connectivity index (χ1v) is 8.94. The van der Waals surface area contributed by atoms with Crippen molar-refractivity contribution in [2.75, 3.05) is 38.6 Å². The summed E-state index contributed by atoms with van der Waals surface area (Å²) in [4.78, 5) is 18.3. The predicted molar refractivity (Wildman–Crippen MR) is 95.1 cm³/mol. The van der Waals surface area contributed by atoms with Crippen molar-refractivity contribution in [3.8, 4) is 0 Å². The molecule has 5 nitrogen and oxygen atoms in total. The van der Waals surface area contributed by atoms with Gasteiger partial charge in [0.25, 0.3) is 0 Å². The van der Waals surface area contributed by atoms with E-state index in [1.807, 2.05) is 6.08 Å². The Labute approximate surface area is 144 Å². The number of likely N-dealkylation sites (tertiary alicyclic amines) is 1. The van der Waals surface area contributed by atoms with Crippen LogP contribution in [0.5, 0.6) is 0 Å². The minimum absolute atomic E-state index is 0.280. The van der Waals surface area contributed by atoms with Crippen molar-refractivity contribution in [1.82, 2.24) is 9.88 Å². The molecular weight excluding hydrogens is 302 g/mol. The number of carbonyl (C=O) groups excluding carboxylic acids is 1. The molecule has 5 heteroatoms. The summed E-state index contributed by atoms with van der Waals surface area (Å²) in [7, 11) is 1.41. The van der Waals surface area contributed by atoms with Crippen molar-refractivity contribution in [2.45, 2.75) is 32.1 Å². The molecule has 0 aromatic carbocycles. The standard InChI is InChI=1S/C19H27N3O2/c1-24-18(23)5-3-12-22-13-10-15(14-22)6-8-17-9-7-16-4-2-11-20-19(16)21-17/h3,5,7,9,15H,2,4,6,8,10-14H2,1H3,(H,20,21)/b5-3+. The topological polar surface area (TPSA) is 54.5 Å². The second-order valence-electron chi connectivity index (χ2n) is 6.72. The monoisotopic (exact) mass is 329 g/mol. The molecule has 0 saturated carbocycles. The first-order chi connectivity index (χ1) is 11.7. The highest BCUT2D eigenvalue weighted by Crippen LogP contribution is 2.23. The van der Waals surface area contributed by atoms with Gasteiger partial charge >= 0.3 is 5.97 Å². The third-order valence-corrected chi connectivity index (χ3v) is 4.95. The minimum atomic E-state index is -0.280. The van der Waals surface area contributed by atoms with E-state index in [4.69, 9.17) is 4.98 Å². The molecule has 0 radical (unpaired) electrons. The lowest BCUT2D eigenvalue weighted by molar-refractivity contribution is -0.134. The molecule has 1 unspecified atom stereocenters. The van der Waals surface area contributed by atoms with Crippen LogP contribution in [-0.4, -0.2) is 49.1 Å². The molecule has 1 N–H and O–H groups in total. The Balaban J connectivity index is 1.43. The van der Waals surface area contributed by atoms with E-state index in [1.165, 1.54) is 43.7 Å². The van der Waals surface area contributed by atoms with Gasteiger partial charge in [0, 0.05) is 31.4 Å². The van der Waals surface area contributed by atoms with Gasteiger partial charge in [0.05, 0.1) is 7.11 Å². The molecule has 1 atom stereocenters. The number of esters is 1. The predicted octanol–water partition coefficient (Wildman–Crippen LogP) is 2.42. The number of rotatable bonds is 6. The van der Waals surface area contributed by atoms with Crippen molar-refractivity contribution in [1.29, 1.82) is 0 Å². The zero-order valence-corrected chi connectivity index (χ0v) is 14.5. The van der Waals surface area contributed by atoms with Gasteiger partial charge in [0.1, 0.15) is 5.82 Å². The summed E-state index contributed by atoms with van der Waals surface area (Å²) in [6.45, 7) is 4.08. The molecule has 1 fully saturated rings. The number of carbonyl (C=O) groups is 1. The van der Waals surface area contributed by atoms with Gasteiger partial charge < -0.3 is 10.1 Å². The van der Waals surface area contributed by atoms with Crippen molar-refractivity contribution in [3.63, 3.8) is 0 Å². The third kappa shape index (κ3) is 4.57. The lowest BCUT2D eigenvalue weighted by Gasteiger charge is -2.18. The minimum Gasteiger partial charge on any atom is -0.466 e. The molecule has 1 saturated heterocycles. The SMILES string of the molecule is COC(=O)/C=C/CN1CCC(CCc2ccc3c(n2)NCCC3)C1. The third-order valence-electron chi connectivity index (χ3n) is 4.95. The number of nitrogens with one attached hydrogen (secondary N) is 1. The summed E-state index contributed by atoms with van der Waals surface area (Å²) in [5.41, 5.74) is 2.56. The number of hydrogen-bond donors (Lipinski definition) is 1. The van der Waals surface area contributed by atoms with Crippen LogP contribution in [0.25, 0.3) is 0 Å². The van der Waals surface area contributed by atoms with Gasteiger partial charge in [-0.25, -0.2) is 9.78 Å². The van der Waals surface area contributed by atoms with Crippen LogP contribution in [0.3, 0.4) is 0 Å². The van der Waals surface area contributed by atoms with Gasteiger partial charge in [0.2, 0.25) is 0 Å². The molecule has 0 amide bonds. The average molecular weight is 329 g/mol. The van der Waals surface area contributed by atoms with E-state index in [0.29, 0.717) is 0 Å². The van der Waals surface area contributed by atoms with Crippen LogP contribution in [0.4, 0.5) is 5.82 Å².